The normalized spacial score (nSPS) is 11.6. The van der Waals surface area contributed by atoms with Gasteiger partial charge in [-0.2, -0.15) is 0 Å². The van der Waals surface area contributed by atoms with Gasteiger partial charge >= 0.3 is 0 Å². The second kappa shape index (κ2) is 11.2. The maximum atomic E-state index is 13.0. The van der Waals surface area contributed by atoms with Crippen molar-refractivity contribution in [3.63, 3.8) is 0 Å². The van der Waals surface area contributed by atoms with Crippen molar-refractivity contribution >= 4 is 11.8 Å². The van der Waals surface area contributed by atoms with Gasteiger partial charge in [0.1, 0.15) is 11.8 Å². The second-order valence-corrected chi connectivity index (χ2v) is 7.39. The summed E-state index contributed by atoms with van der Waals surface area (Å²) in [6.45, 7) is 8.64. The molecule has 0 spiro atoms. The number of nitrogens with zero attached hydrogens (tertiary/aromatic N) is 1. The van der Waals surface area contributed by atoms with Crippen molar-refractivity contribution in [3.05, 3.63) is 65.2 Å². The molecule has 1 unspecified atom stereocenters. The van der Waals surface area contributed by atoms with Crippen LogP contribution in [0.2, 0.25) is 0 Å². The highest BCUT2D eigenvalue weighted by atomic mass is 16.5. The molecule has 5 heteroatoms. The first-order valence-corrected chi connectivity index (χ1v) is 10.2. The van der Waals surface area contributed by atoms with Crippen LogP contribution in [0.1, 0.15) is 43.4 Å². The van der Waals surface area contributed by atoms with Crippen molar-refractivity contribution in [2.45, 2.75) is 53.1 Å². The molecule has 2 rings (SSSR count). The molecule has 2 aromatic carbocycles. The standard InChI is InChI=1S/C24H32N2O3/c1-5-6-14-25-24(28)20(4)26(16-21-10-8-7-9-11-21)23(27)17-29-22-15-18(2)12-13-19(22)3/h7-13,15,20H,5-6,14,16-17H2,1-4H3,(H,25,28). The Morgan fingerprint density at radius 3 is 2.52 bits per heavy atom. The average molecular weight is 397 g/mol. The lowest BCUT2D eigenvalue weighted by Crippen LogP contribution is -2.49. The maximum absolute atomic E-state index is 13.0. The topological polar surface area (TPSA) is 58.6 Å². The fraction of sp³-hybridized carbons (Fsp3) is 0.417. The molecule has 29 heavy (non-hydrogen) atoms. The van der Waals surface area contributed by atoms with Crippen LogP contribution < -0.4 is 10.1 Å². The lowest BCUT2D eigenvalue weighted by molar-refractivity contribution is -0.142. The monoisotopic (exact) mass is 396 g/mol. The minimum absolute atomic E-state index is 0.107. The van der Waals surface area contributed by atoms with E-state index < -0.39 is 6.04 Å². The van der Waals surface area contributed by atoms with Crippen molar-refractivity contribution in [2.75, 3.05) is 13.2 Å². The van der Waals surface area contributed by atoms with Gasteiger partial charge < -0.3 is 15.0 Å². The first-order chi connectivity index (χ1) is 13.9. The molecule has 1 atom stereocenters. The lowest BCUT2D eigenvalue weighted by atomic mass is 10.1. The summed E-state index contributed by atoms with van der Waals surface area (Å²) in [5.41, 5.74) is 3.02. The molecule has 0 aliphatic rings. The summed E-state index contributed by atoms with van der Waals surface area (Å²) in [7, 11) is 0. The van der Waals surface area contributed by atoms with Gasteiger partial charge in [-0.25, -0.2) is 0 Å². The van der Waals surface area contributed by atoms with E-state index in [-0.39, 0.29) is 18.4 Å². The highest BCUT2D eigenvalue weighted by Gasteiger charge is 2.26. The molecule has 2 amide bonds. The van der Waals surface area contributed by atoms with Crippen molar-refractivity contribution in [3.8, 4) is 5.75 Å². The highest BCUT2D eigenvalue weighted by Crippen LogP contribution is 2.19. The number of amides is 2. The quantitative estimate of drug-likeness (QED) is 0.617. The number of nitrogens with one attached hydrogen (secondary N) is 1. The molecule has 1 N–H and O–H groups in total. The molecule has 0 saturated carbocycles. The summed E-state index contributed by atoms with van der Waals surface area (Å²) in [6.07, 6.45) is 1.92. The van der Waals surface area contributed by atoms with Crippen LogP contribution in [-0.2, 0) is 16.1 Å². The van der Waals surface area contributed by atoms with Gasteiger partial charge in [-0.15, -0.1) is 0 Å². The molecule has 0 saturated heterocycles. The maximum Gasteiger partial charge on any atom is 0.261 e. The SMILES string of the molecule is CCCCNC(=O)C(C)N(Cc1ccccc1)C(=O)COc1cc(C)ccc1C. The smallest absolute Gasteiger partial charge is 0.261 e. The van der Waals surface area contributed by atoms with E-state index in [1.165, 1.54) is 0 Å². The largest absolute Gasteiger partial charge is 0.483 e. The fourth-order valence-corrected chi connectivity index (χ4v) is 2.98. The summed E-state index contributed by atoms with van der Waals surface area (Å²) in [5, 5.41) is 2.92. The van der Waals surface area contributed by atoms with Gasteiger partial charge in [0.2, 0.25) is 5.91 Å². The molecule has 0 aliphatic heterocycles. The number of hydrogen-bond acceptors (Lipinski definition) is 3. The number of aryl methyl sites for hydroxylation is 2. The fourth-order valence-electron chi connectivity index (χ4n) is 2.98. The first-order valence-electron chi connectivity index (χ1n) is 10.2. The van der Waals surface area contributed by atoms with Crippen LogP contribution in [0.4, 0.5) is 0 Å². The molecule has 0 fully saturated rings. The number of benzene rings is 2. The minimum Gasteiger partial charge on any atom is -0.483 e. The molecular formula is C24H32N2O3. The molecule has 5 nitrogen and oxygen atoms in total. The van der Waals surface area contributed by atoms with Gasteiger partial charge in [0.25, 0.3) is 5.91 Å². The van der Waals surface area contributed by atoms with Gasteiger partial charge in [0, 0.05) is 13.1 Å². The molecule has 156 valence electrons. The molecule has 2 aromatic rings. The van der Waals surface area contributed by atoms with Gasteiger partial charge in [-0.3, -0.25) is 9.59 Å². The molecular weight excluding hydrogens is 364 g/mol. The summed E-state index contributed by atoms with van der Waals surface area (Å²) in [6, 6.07) is 15.0. The van der Waals surface area contributed by atoms with E-state index in [1.54, 1.807) is 11.8 Å². The van der Waals surface area contributed by atoms with Crippen LogP contribution in [0.5, 0.6) is 5.75 Å². The van der Waals surface area contributed by atoms with E-state index in [2.05, 4.69) is 12.2 Å². The number of unbranched alkanes of at least 4 members (excludes halogenated alkanes) is 1. The zero-order valence-electron chi connectivity index (χ0n) is 17.9. The molecule has 0 bridgehead atoms. The predicted molar refractivity (Wildman–Crippen MR) is 116 cm³/mol. The van der Waals surface area contributed by atoms with Crippen LogP contribution >= 0.6 is 0 Å². The third kappa shape index (κ3) is 6.93. The Kier molecular flexibility index (Phi) is 8.71. The summed E-state index contributed by atoms with van der Waals surface area (Å²) >= 11 is 0. The molecule has 0 radical (unpaired) electrons. The molecule has 0 aromatic heterocycles. The number of ether oxygens (including phenoxy) is 1. The Morgan fingerprint density at radius 2 is 1.83 bits per heavy atom. The van der Waals surface area contributed by atoms with Gasteiger partial charge in [-0.1, -0.05) is 55.8 Å². The van der Waals surface area contributed by atoms with Crippen molar-refractivity contribution in [1.82, 2.24) is 10.2 Å². The number of rotatable bonds is 10. The van der Waals surface area contributed by atoms with Gasteiger partial charge in [0.15, 0.2) is 6.61 Å². The van der Waals surface area contributed by atoms with Gasteiger partial charge in [0.05, 0.1) is 0 Å². The summed E-state index contributed by atoms with van der Waals surface area (Å²) in [4.78, 5) is 27.2. The summed E-state index contributed by atoms with van der Waals surface area (Å²) in [5.74, 6) is 0.334. The van der Waals surface area contributed by atoms with Gasteiger partial charge in [-0.05, 0) is 49.9 Å². The highest BCUT2D eigenvalue weighted by molar-refractivity contribution is 5.87. The number of carbonyl (C=O) groups excluding carboxylic acids is 2. The van der Waals surface area contributed by atoms with E-state index in [0.717, 1.165) is 29.5 Å². The molecule has 0 aliphatic carbocycles. The summed E-state index contributed by atoms with van der Waals surface area (Å²) < 4.78 is 5.80. The Hall–Kier alpha value is -2.82. The number of carbonyl (C=O) groups is 2. The predicted octanol–water partition coefficient (Wildman–Crippen LogP) is 4.02. The van der Waals surface area contributed by atoms with Crippen molar-refractivity contribution in [2.24, 2.45) is 0 Å². The first kappa shape index (κ1) is 22.5. The Morgan fingerprint density at radius 1 is 1.10 bits per heavy atom. The van der Waals surface area contributed by atoms with E-state index >= 15 is 0 Å². The average Bonchev–Trinajstić information content (AvgIpc) is 2.72. The van der Waals surface area contributed by atoms with Crippen LogP contribution in [0, 0.1) is 13.8 Å². The minimum atomic E-state index is -0.582. The Labute approximate surface area is 174 Å². The van der Waals surface area contributed by atoms with E-state index in [0.29, 0.717) is 18.8 Å². The van der Waals surface area contributed by atoms with Crippen LogP contribution in [0.25, 0.3) is 0 Å². The number of hydrogen-bond donors (Lipinski definition) is 1. The third-order valence-corrected chi connectivity index (χ3v) is 4.89. The van der Waals surface area contributed by atoms with Crippen LogP contribution in [0.3, 0.4) is 0 Å². The zero-order valence-corrected chi connectivity index (χ0v) is 17.9. The Bertz CT molecular complexity index is 805. The van der Waals surface area contributed by atoms with E-state index in [1.807, 2.05) is 62.4 Å². The van der Waals surface area contributed by atoms with Crippen LogP contribution in [0.15, 0.2) is 48.5 Å². The van der Waals surface area contributed by atoms with E-state index in [9.17, 15) is 9.59 Å². The molecule has 0 heterocycles. The lowest BCUT2D eigenvalue weighted by Gasteiger charge is -2.29. The van der Waals surface area contributed by atoms with Crippen molar-refractivity contribution in [1.29, 1.82) is 0 Å². The van der Waals surface area contributed by atoms with Crippen molar-refractivity contribution < 1.29 is 14.3 Å². The third-order valence-electron chi connectivity index (χ3n) is 4.89. The second-order valence-electron chi connectivity index (χ2n) is 7.39. The zero-order chi connectivity index (χ0) is 21.2. The Balaban J connectivity index is 2.11. The van der Waals surface area contributed by atoms with Crippen LogP contribution in [-0.4, -0.2) is 35.9 Å². The van der Waals surface area contributed by atoms with E-state index in [4.69, 9.17) is 4.74 Å².